The number of hydrogen-bond donors (Lipinski definition) is 0. The molecule has 6 heteroatoms. The van der Waals surface area contributed by atoms with Gasteiger partial charge >= 0.3 is 0 Å². The third kappa shape index (κ3) is 3.52. The van der Waals surface area contributed by atoms with E-state index in [1.54, 1.807) is 23.7 Å². The van der Waals surface area contributed by atoms with Crippen molar-refractivity contribution in [1.82, 2.24) is 13.6 Å². The van der Waals surface area contributed by atoms with E-state index >= 15 is 0 Å². The summed E-state index contributed by atoms with van der Waals surface area (Å²) in [6.45, 7) is 3.75. The summed E-state index contributed by atoms with van der Waals surface area (Å²) in [4.78, 5) is 3.94. The molecule has 0 unspecified atom stereocenters. The average molecular weight is 283 g/mol. The predicted molar refractivity (Wildman–Crippen MR) is 74.6 cm³/mol. The van der Waals surface area contributed by atoms with Gasteiger partial charge in [-0.25, -0.2) is 0 Å². The van der Waals surface area contributed by atoms with Gasteiger partial charge in [-0.3, -0.25) is 4.98 Å². The molecule has 1 saturated heterocycles. The van der Waals surface area contributed by atoms with Crippen molar-refractivity contribution in [2.75, 3.05) is 20.1 Å². The van der Waals surface area contributed by atoms with Crippen molar-refractivity contribution in [3.8, 4) is 0 Å². The van der Waals surface area contributed by atoms with Gasteiger partial charge in [-0.2, -0.15) is 17.0 Å². The second-order valence-corrected chi connectivity index (χ2v) is 7.26. The van der Waals surface area contributed by atoms with Gasteiger partial charge in [0.25, 0.3) is 10.2 Å². The summed E-state index contributed by atoms with van der Waals surface area (Å²) in [6.07, 6.45) is 5.42. The molecular weight excluding hydrogens is 262 g/mol. The van der Waals surface area contributed by atoms with Crippen molar-refractivity contribution in [2.45, 2.75) is 26.3 Å². The minimum absolute atomic E-state index is 0.385. The Morgan fingerprint density at radius 2 is 2.11 bits per heavy atom. The van der Waals surface area contributed by atoms with Gasteiger partial charge in [-0.1, -0.05) is 6.92 Å². The fourth-order valence-electron chi connectivity index (χ4n) is 2.38. The van der Waals surface area contributed by atoms with Gasteiger partial charge in [-0.05, 0) is 36.5 Å². The Morgan fingerprint density at radius 1 is 1.42 bits per heavy atom. The van der Waals surface area contributed by atoms with Gasteiger partial charge in [0.1, 0.15) is 0 Å². The summed E-state index contributed by atoms with van der Waals surface area (Å²) in [5, 5.41) is 0. The molecule has 1 aliphatic rings. The first-order valence-electron chi connectivity index (χ1n) is 6.60. The molecular formula is C13H21N3O2S. The first-order valence-corrected chi connectivity index (χ1v) is 8.00. The van der Waals surface area contributed by atoms with Crippen LogP contribution in [0, 0.1) is 5.92 Å². The van der Waals surface area contributed by atoms with Crippen LogP contribution in [0.3, 0.4) is 0 Å². The highest BCUT2D eigenvalue weighted by Crippen LogP contribution is 2.20. The highest BCUT2D eigenvalue weighted by Gasteiger charge is 2.30. The topological polar surface area (TPSA) is 53.5 Å². The molecule has 2 heterocycles. The van der Waals surface area contributed by atoms with Gasteiger partial charge in [0.2, 0.25) is 0 Å². The van der Waals surface area contributed by atoms with Crippen molar-refractivity contribution in [2.24, 2.45) is 5.92 Å². The minimum atomic E-state index is -3.35. The summed E-state index contributed by atoms with van der Waals surface area (Å²) in [6, 6.07) is 3.68. The van der Waals surface area contributed by atoms with Crippen molar-refractivity contribution < 1.29 is 8.42 Å². The fraction of sp³-hybridized carbons (Fsp3) is 0.615. The van der Waals surface area contributed by atoms with Gasteiger partial charge < -0.3 is 0 Å². The summed E-state index contributed by atoms with van der Waals surface area (Å²) in [7, 11) is -1.71. The Hall–Kier alpha value is -0.980. The molecule has 0 radical (unpaired) electrons. The second-order valence-electron chi connectivity index (χ2n) is 5.22. The van der Waals surface area contributed by atoms with Gasteiger partial charge in [-0.15, -0.1) is 0 Å². The Labute approximate surface area is 115 Å². The summed E-state index contributed by atoms with van der Waals surface area (Å²) in [5.41, 5.74) is 0.950. The molecule has 1 fully saturated rings. The van der Waals surface area contributed by atoms with Crippen LogP contribution in [-0.4, -0.2) is 42.1 Å². The maximum atomic E-state index is 12.5. The molecule has 5 nitrogen and oxygen atoms in total. The molecule has 1 aromatic heterocycles. The minimum Gasteiger partial charge on any atom is -0.265 e. The predicted octanol–water partition coefficient (Wildman–Crippen LogP) is 1.49. The second kappa shape index (κ2) is 5.98. The maximum Gasteiger partial charge on any atom is 0.282 e. The standard InChI is InChI=1S/C13H21N3O2S/c1-12-4-3-9-16(10-12)19(17,18)15(2)11-13-5-7-14-8-6-13/h5-8,12H,3-4,9-11H2,1-2H3/t12-/m1/s1. The van der Waals surface area contributed by atoms with E-state index in [-0.39, 0.29) is 0 Å². The third-order valence-corrected chi connectivity index (χ3v) is 5.40. The van der Waals surface area contributed by atoms with Crippen LogP contribution in [0.4, 0.5) is 0 Å². The lowest BCUT2D eigenvalue weighted by Gasteiger charge is -2.33. The van der Waals surface area contributed by atoms with Crippen LogP contribution >= 0.6 is 0 Å². The lowest BCUT2D eigenvalue weighted by atomic mass is 10.0. The van der Waals surface area contributed by atoms with Crippen LogP contribution in [0.2, 0.25) is 0 Å². The summed E-state index contributed by atoms with van der Waals surface area (Å²) in [5.74, 6) is 0.442. The van der Waals surface area contributed by atoms with E-state index in [0.29, 0.717) is 25.6 Å². The molecule has 0 saturated carbocycles. The van der Waals surface area contributed by atoms with E-state index in [9.17, 15) is 8.42 Å². The van der Waals surface area contributed by atoms with Gasteiger partial charge in [0.05, 0.1) is 0 Å². The molecule has 0 aliphatic carbocycles. The van der Waals surface area contributed by atoms with Crippen LogP contribution in [-0.2, 0) is 16.8 Å². The molecule has 19 heavy (non-hydrogen) atoms. The zero-order valence-corrected chi connectivity index (χ0v) is 12.3. The SMILES string of the molecule is C[C@@H]1CCCN(S(=O)(=O)N(C)Cc2ccncc2)C1. The molecule has 0 bridgehead atoms. The normalized spacial score (nSPS) is 21.7. The van der Waals surface area contributed by atoms with Crippen LogP contribution in [0.15, 0.2) is 24.5 Å². The van der Waals surface area contributed by atoms with E-state index in [1.165, 1.54) is 4.31 Å². The van der Waals surface area contributed by atoms with E-state index in [1.807, 2.05) is 12.1 Å². The van der Waals surface area contributed by atoms with Gasteiger partial charge in [0.15, 0.2) is 0 Å². The lowest BCUT2D eigenvalue weighted by Crippen LogP contribution is -2.45. The zero-order chi connectivity index (χ0) is 13.9. The quantitative estimate of drug-likeness (QED) is 0.841. The van der Waals surface area contributed by atoms with E-state index < -0.39 is 10.2 Å². The fourth-order valence-corrected chi connectivity index (χ4v) is 3.89. The number of pyridine rings is 1. The number of hydrogen-bond acceptors (Lipinski definition) is 3. The number of aromatic nitrogens is 1. The summed E-state index contributed by atoms with van der Waals surface area (Å²) < 4.78 is 28.0. The first kappa shape index (κ1) is 14.4. The Bertz CT molecular complexity index is 504. The zero-order valence-electron chi connectivity index (χ0n) is 11.5. The molecule has 0 N–H and O–H groups in total. The Kier molecular flexibility index (Phi) is 4.54. The molecule has 0 aromatic carbocycles. The van der Waals surface area contributed by atoms with Crippen LogP contribution in [0.5, 0.6) is 0 Å². The molecule has 106 valence electrons. The molecule has 0 spiro atoms. The highest BCUT2D eigenvalue weighted by atomic mass is 32.2. The van der Waals surface area contributed by atoms with Crippen LogP contribution < -0.4 is 0 Å². The van der Waals surface area contributed by atoms with E-state index in [4.69, 9.17) is 0 Å². The van der Waals surface area contributed by atoms with Crippen molar-refractivity contribution in [3.63, 3.8) is 0 Å². The van der Waals surface area contributed by atoms with Crippen LogP contribution in [0.25, 0.3) is 0 Å². The van der Waals surface area contributed by atoms with Crippen molar-refractivity contribution in [1.29, 1.82) is 0 Å². The Morgan fingerprint density at radius 3 is 2.74 bits per heavy atom. The number of piperidine rings is 1. The Balaban J connectivity index is 2.06. The average Bonchev–Trinajstić information content (AvgIpc) is 2.40. The monoisotopic (exact) mass is 283 g/mol. The molecule has 0 amide bonds. The smallest absolute Gasteiger partial charge is 0.265 e. The summed E-state index contributed by atoms with van der Waals surface area (Å²) >= 11 is 0. The lowest BCUT2D eigenvalue weighted by molar-refractivity contribution is 0.263. The van der Waals surface area contributed by atoms with Crippen LogP contribution in [0.1, 0.15) is 25.3 Å². The number of nitrogens with zero attached hydrogens (tertiary/aromatic N) is 3. The van der Waals surface area contributed by atoms with Crippen molar-refractivity contribution >= 4 is 10.2 Å². The van der Waals surface area contributed by atoms with E-state index in [0.717, 1.165) is 18.4 Å². The molecule has 1 atom stereocenters. The van der Waals surface area contributed by atoms with Gasteiger partial charge in [0, 0.05) is 39.1 Å². The first-order chi connectivity index (χ1) is 9.00. The van der Waals surface area contributed by atoms with E-state index in [2.05, 4.69) is 11.9 Å². The molecule has 1 aliphatic heterocycles. The molecule has 1 aromatic rings. The number of rotatable bonds is 4. The highest BCUT2D eigenvalue weighted by molar-refractivity contribution is 7.86. The maximum absolute atomic E-state index is 12.5. The largest absolute Gasteiger partial charge is 0.282 e. The molecule has 2 rings (SSSR count). The van der Waals surface area contributed by atoms with Crippen molar-refractivity contribution in [3.05, 3.63) is 30.1 Å². The third-order valence-electron chi connectivity index (χ3n) is 3.49.